The summed E-state index contributed by atoms with van der Waals surface area (Å²) in [4.78, 5) is 4.75. The van der Waals surface area contributed by atoms with Crippen molar-refractivity contribution in [1.82, 2.24) is 15.1 Å². The summed E-state index contributed by atoms with van der Waals surface area (Å²) in [6.07, 6.45) is -0.164. The van der Waals surface area contributed by atoms with E-state index < -0.39 is 0 Å². The number of hydrogen-bond acceptors (Lipinski definition) is 4. The zero-order valence-electron chi connectivity index (χ0n) is 8.24. The Morgan fingerprint density at radius 2 is 1.85 bits per heavy atom. The molecule has 2 atom stereocenters. The SMILES string of the molecule is CN1CCN([C@@H]2CNC[C@H]2O)CC1. The average Bonchev–Trinajstić information content (AvgIpc) is 2.53. The molecule has 76 valence electrons. The van der Waals surface area contributed by atoms with Gasteiger partial charge in [-0.25, -0.2) is 0 Å². The molecule has 2 rings (SSSR count). The van der Waals surface area contributed by atoms with Crippen molar-refractivity contribution >= 4 is 0 Å². The molecule has 0 radical (unpaired) electrons. The fourth-order valence-corrected chi connectivity index (χ4v) is 2.18. The van der Waals surface area contributed by atoms with Gasteiger partial charge in [-0.2, -0.15) is 0 Å². The molecule has 0 saturated carbocycles. The second-order valence-electron chi connectivity index (χ2n) is 4.13. The third-order valence-corrected chi connectivity index (χ3v) is 3.16. The number of likely N-dealkylation sites (N-methyl/N-ethyl adjacent to an activating group) is 1. The monoisotopic (exact) mass is 185 g/mol. The van der Waals surface area contributed by atoms with E-state index in [1.54, 1.807) is 0 Å². The van der Waals surface area contributed by atoms with Crippen molar-refractivity contribution in [3.8, 4) is 0 Å². The fourth-order valence-electron chi connectivity index (χ4n) is 2.18. The van der Waals surface area contributed by atoms with Crippen LogP contribution < -0.4 is 5.32 Å². The zero-order valence-corrected chi connectivity index (χ0v) is 8.24. The van der Waals surface area contributed by atoms with Gasteiger partial charge in [-0.3, -0.25) is 4.90 Å². The van der Waals surface area contributed by atoms with Gasteiger partial charge in [0.15, 0.2) is 0 Å². The second kappa shape index (κ2) is 3.92. The number of nitrogens with one attached hydrogen (secondary N) is 1. The molecule has 0 aromatic carbocycles. The van der Waals surface area contributed by atoms with Crippen LogP contribution in [0.5, 0.6) is 0 Å². The van der Waals surface area contributed by atoms with Crippen molar-refractivity contribution in [2.45, 2.75) is 12.1 Å². The maximum atomic E-state index is 9.69. The average molecular weight is 185 g/mol. The maximum absolute atomic E-state index is 9.69. The van der Waals surface area contributed by atoms with Crippen LogP contribution >= 0.6 is 0 Å². The molecular weight excluding hydrogens is 166 g/mol. The number of rotatable bonds is 1. The van der Waals surface area contributed by atoms with Crippen LogP contribution in [0, 0.1) is 0 Å². The van der Waals surface area contributed by atoms with E-state index in [4.69, 9.17) is 0 Å². The molecule has 0 spiro atoms. The predicted octanol–water partition coefficient (Wildman–Crippen LogP) is -1.43. The van der Waals surface area contributed by atoms with Crippen LogP contribution in [-0.4, -0.2) is 73.4 Å². The molecule has 0 unspecified atom stereocenters. The third-order valence-electron chi connectivity index (χ3n) is 3.16. The Hall–Kier alpha value is -0.160. The molecule has 2 fully saturated rings. The summed E-state index contributed by atoms with van der Waals surface area (Å²) >= 11 is 0. The molecule has 0 aromatic rings. The van der Waals surface area contributed by atoms with Crippen molar-refractivity contribution in [1.29, 1.82) is 0 Å². The van der Waals surface area contributed by atoms with E-state index in [2.05, 4.69) is 22.2 Å². The van der Waals surface area contributed by atoms with E-state index in [1.807, 2.05) is 0 Å². The zero-order chi connectivity index (χ0) is 9.26. The highest BCUT2D eigenvalue weighted by atomic mass is 16.3. The summed E-state index contributed by atoms with van der Waals surface area (Å²) in [7, 11) is 2.15. The number of hydrogen-bond donors (Lipinski definition) is 2. The van der Waals surface area contributed by atoms with Crippen LogP contribution in [0.1, 0.15) is 0 Å². The Morgan fingerprint density at radius 1 is 1.15 bits per heavy atom. The summed E-state index contributed by atoms with van der Waals surface area (Å²) in [6.45, 7) is 6.16. The molecule has 2 aliphatic rings. The normalized spacial score (nSPS) is 38.3. The number of aliphatic hydroxyl groups excluding tert-OH is 1. The summed E-state index contributed by atoms with van der Waals surface area (Å²) in [5.41, 5.74) is 0. The molecule has 0 aliphatic carbocycles. The van der Waals surface area contributed by atoms with Crippen LogP contribution in [0.4, 0.5) is 0 Å². The van der Waals surface area contributed by atoms with Gasteiger partial charge in [0.1, 0.15) is 0 Å². The van der Waals surface area contributed by atoms with Crippen LogP contribution in [0.3, 0.4) is 0 Å². The van der Waals surface area contributed by atoms with Crippen molar-refractivity contribution in [2.24, 2.45) is 0 Å². The Balaban J connectivity index is 1.86. The summed E-state index contributed by atoms with van der Waals surface area (Å²) < 4.78 is 0. The minimum atomic E-state index is -0.164. The van der Waals surface area contributed by atoms with Gasteiger partial charge in [0.25, 0.3) is 0 Å². The fraction of sp³-hybridized carbons (Fsp3) is 1.00. The van der Waals surface area contributed by atoms with Gasteiger partial charge in [-0.1, -0.05) is 0 Å². The molecule has 2 aliphatic heterocycles. The molecule has 2 saturated heterocycles. The van der Waals surface area contributed by atoms with Crippen molar-refractivity contribution in [3.63, 3.8) is 0 Å². The standard InChI is InChI=1S/C9H19N3O/c1-11-2-4-12(5-3-11)8-6-10-7-9(8)13/h8-10,13H,2-7H2,1H3/t8-,9-/m1/s1. The minimum Gasteiger partial charge on any atom is -0.390 e. The van der Waals surface area contributed by atoms with Gasteiger partial charge < -0.3 is 15.3 Å². The van der Waals surface area contributed by atoms with E-state index in [1.165, 1.54) is 0 Å². The highest BCUT2D eigenvalue weighted by molar-refractivity contribution is 4.90. The topological polar surface area (TPSA) is 38.7 Å². The minimum absolute atomic E-state index is 0.164. The van der Waals surface area contributed by atoms with Crippen LogP contribution in [0.15, 0.2) is 0 Å². The van der Waals surface area contributed by atoms with Gasteiger partial charge in [-0.05, 0) is 7.05 Å². The molecule has 2 N–H and O–H groups in total. The summed E-state index contributed by atoms with van der Waals surface area (Å²) in [5, 5.41) is 12.9. The maximum Gasteiger partial charge on any atom is 0.0831 e. The number of nitrogens with zero attached hydrogens (tertiary/aromatic N) is 2. The van der Waals surface area contributed by atoms with E-state index in [9.17, 15) is 5.11 Å². The molecule has 4 nitrogen and oxygen atoms in total. The van der Waals surface area contributed by atoms with E-state index >= 15 is 0 Å². The molecule has 13 heavy (non-hydrogen) atoms. The number of piperazine rings is 1. The first-order valence-corrected chi connectivity index (χ1v) is 5.09. The second-order valence-corrected chi connectivity index (χ2v) is 4.13. The molecule has 2 heterocycles. The first-order valence-electron chi connectivity index (χ1n) is 5.09. The van der Waals surface area contributed by atoms with Gasteiger partial charge in [0.2, 0.25) is 0 Å². The first kappa shape index (κ1) is 9.40. The van der Waals surface area contributed by atoms with Crippen molar-refractivity contribution in [3.05, 3.63) is 0 Å². The Kier molecular flexibility index (Phi) is 2.83. The van der Waals surface area contributed by atoms with Crippen LogP contribution in [0.2, 0.25) is 0 Å². The lowest BCUT2D eigenvalue weighted by molar-refractivity contribution is 0.0512. The van der Waals surface area contributed by atoms with E-state index in [-0.39, 0.29) is 6.10 Å². The quantitative estimate of drug-likeness (QED) is 0.525. The largest absolute Gasteiger partial charge is 0.390 e. The van der Waals surface area contributed by atoms with Gasteiger partial charge in [0, 0.05) is 45.3 Å². The third kappa shape index (κ3) is 2.02. The van der Waals surface area contributed by atoms with Gasteiger partial charge >= 0.3 is 0 Å². The van der Waals surface area contributed by atoms with E-state index in [0.717, 1.165) is 39.3 Å². The van der Waals surface area contributed by atoms with E-state index in [0.29, 0.717) is 6.04 Å². The van der Waals surface area contributed by atoms with Gasteiger partial charge in [0.05, 0.1) is 6.10 Å². The molecule has 0 aromatic heterocycles. The van der Waals surface area contributed by atoms with Crippen molar-refractivity contribution in [2.75, 3.05) is 46.3 Å². The molecule has 0 amide bonds. The first-order chi connectivity index (χ1) is 6.27. The molecule has 0 bridgehead atoms. The lowest BCUT2D eigenvalue weighted by atomic mass is 10.1. The molecule has 4 heteroatoms. The Morgan fingerprint density at radius 3 is 2.38 bits per heavy atom. The number of aliphatic hydroxyl groups is 1. The lowest BCUT2D eigenvalue weighted by Crippen LogP contribution is -2.52. The Labute approximate surface area is 79.5 Å². The summed E-state index contributed by atoms with van der Waals surface area (Å²) in [5.74, 6) is 0. The smallest absolute Gasteiger partial charge is 0.0831 e. The molecular formula is C9H19N3O. The Bertz CT molecular complexity index is 168. The van der Waals surface area contributed by atoms with Crippen LogP contribution in [0.25, 0.3) is 0 Å². The lowest BCUT2D eigenvalue weighted by Gasteiger charge is -2.37. The highest BCUT2D eigenvalue weighted by Gasteiger charge is 2.31. The van der Waals surface area contributed by atoms with Gasteiger partial charge in [-0.15, -0.1) is 0 Å². The predicted molar refractivity (Wildman–Crippen MR) is 51.7 cm³/mol. The van der Waals surface area contributed by atoms with Crippen LogP contribution in [-0.2, 0) is 0 Å². The highest BCUT2D eigenvalue weighted by Crippen LogP contribution is 2.11. The summed E-state index contributed by atoms with van der Waals surface area (Å²) in [6, 6.07) is 0.355. The van der Waals surface area contributed by atoms with Crippen molar-refractivity contribution < 1.29 is 5.11 Å². The number of β-amino-alcohol motifs (C(OH)–C–C–N with tert-alkyl or cyclic N) is 1.